The molecule has 2 aromatic carbocycles. The Morgan fingerprint density at radius 2 is 1.56 bits per heavy atom. The van der Waals surface area contributed by atoms with Crippen LogP contribution in [0.5, 0.6) is 0 Å². The van der Waals surface area contributed by atoms with E-state index in [1.54, 1.807) is 26.2 Å². The van der Waals surface area contributed by atoms with Crippen molar-refractivity contribution < 1.29 is 8.42 Å². The van der Waals surface area contributed by atoms with Gasteiger partial charge in [-0.1, -0.05) is 25.0 Å². The lowest BCUT2D eigenvalue weighted by Crippen LogP contribution is -2.24. The van der Waals surface area contributed by atoms with Crippen LogP contribution in [0.2, 0.25) is 0 Å². The Hall–Kier alpha value is -1.70. The van der Waals surface area contributed by atoms with E-state index >= 15 is 0 Å². The van der Waals surface area contributed by atoms with Crippen LogP contribution in [0, 0.1) is 0 Å². The summed E-state index contributed by atoms with van der Waals surface area (Å²) in [5.74, 6) is 0. The molecule has 1 N–H and O–H groups in total. The minimum Gasteiger partial charge on any atom is -0.370 e. The summed E-state index contributed by atoms with van der Waals surface area (Å²) in [6.45, 7) is 2.20. The second kappa shape index (κ2) is 8.99. The van der Waals surface area contributed by atoms with Crippen molar-refractivity contribution >= 4 is 33.3 Å². The fourth-order valence-corrected chi connectivity index (χ4v) is 4.73. The number of nitrogens with one attached hydrogen (secondary N) is 1. The highest BCUT2D eigenvalue weighted by atomic mass is 32.2. The van der Waals surface area contributed by atoms with Gasteiger partial charge in [0.1, 0.15) is 0 Å². The number of para-hydroxylation sites is 2. The first-order valence-corrected chi connectivity index (χ1v) is 11.5. The van der Waals surface area contributed by atoms with Crippen molar-refractivity contribution in [3.8, 4) is 0 Å². The molecule has 146 valence electrons. The molecule has 7 heteroatoms. The molecule has 0 aliphatic carbocycles. The summed E-state index contributed by atoms with van der Waals surface area (Å²) >= 11 is 1.50. The summed E-state index contributed by atoms with van der Waals surface area (Å²) < 4.78 is 29.0. The fourth-order valence-electron chi connectivity index (χ4n) is 3.15. The summed E-state index contributed by atoms with van der Waals surface area (Å²) in [7, 11) is -0.306. The zero-order valence-corrected chi connectivity index (χ0v) is 17.5. The Morgan fingerprint density at radius 3 is 2.19 bits per heavy atom. The van der Waals surface area contributed by atoms with Crippen molar-refractivity contribution in [3.05, 3.63) is 48.5 Å². The quantitative estimate of drug-likeness (QED) is 0.720. The standard InChI is InChI=1S/C20H27N3O2S2/c1-22(2)27(24,25)18-13-11-17(12-14-18)26-21-19-9-5-6-10-20(19)23-15-7-3-4-8-16-23/h5-6,9-14,21H,3-4,7-8,15-16H2,1-2H3. The number of benzene rings is 2. The summed E-state index contributed by atoms with van der Waals surface area (Å²) in [5, 5.41) is 0. The van der Waals surface area contributed by atoms with E-state index in [2.05, 4.69) is 27.8 Å². The van der Waals surface area contributed by atoms with Crippen molar-refractivity contribution in [2.75, 3.05) is 36.8 Å². The molecule has 1 aliphatic rings. The van der Waals surface area contributed by atoms with Crippen LogP contribution >= 0.6 is 11.9 Å². The average molecular weight is 406 g/mol. The summed E-state index contributed by atoms with van der Waals surface area (Å²) in [6, 6.07) is 15.4. The Kier molecular flexibility index (Phi) is 6.68. The van der Waals surface area contributed by atoms with Crippen molar-refractivity contribution in [2.45, 2.75) is 35.5 Å². The minimum atomic E-state index is -3.39. The number of rotatable bonds is 6. The second-order valence-electron chi connectivity index (χ2n) is 6.88. The van der Waals surface area contributed by atoms with E-state index in [1.165, 1.54) is 47.6 Å². The molecule has 0 saturated carbocycles. The lowest BCUT2D eigenvalue weighted by molar-refractivity contribution is 0.520. The highest BCUT2D eigenvalue weighted by molar-refractivity contribution is 8.00. The molecule has 5 nitrogen and oxygen atoms in total. The van der Waals surface area contributed by atoms with E-state index in [0.29, 0.717) is 4.90 Å². The molecule has 0 bridgehead atoms. The third kappa shape index (κ3) is 4.97. The molecule has 1 fully saturated rings. The number of hydrogen-bond acceptors (Lipinski definition) is 5. The highest BCUT2D eigenvalue weighted by Crippen LogP contribution is 2.32. The normalized spacial score (nSPS) is 15.6. The number of sulfonamides is 1. The molecule has 27 heavy (non-hydrogen) atoms. The Morgan fingerprint density at radius 1 is 0.926 bits per heavy atom. The third-order valence-electron chi connectivity index (χ3n) is 4.73. The largest absolute Gasteiger partial charge is 0.370 e. The van der Waals surface area contributed by atoms with E-state index in [4.69, 9.17) is 0 Å². The maximum absolute atomic E-state index is 12.2. The highest BCUT2D eigenvalue weighted by Gasteiger charge is 2.17. The molecule has 0 aromatic heterocycles. The monoisotopic (exact) mass is 405 g/mol. The van der Waals surface area contributed by atoms with E-state index < -0.39 is 10.0 Å². The molecule has 1 heterocycles. The van der Waals surface area contributed by atoms with Crippen molar-refractivity contribution in [1.29, 1.82) is 0 Å². The average Bonchev–Trinajstić information content (AvgIpc) is 2.96. The lowest BCUT2D eigenvalue weighted by Gasteiger charge is -2.25. The van der Waals surface area contributed by atoms with Gasteiger partial charge in [0.25, 0.3) is 0 Å². The van der Waals surface area contributed by atoms with E-state index in [1.807, 2.05) is 18.2 Å². The van der Waals surface area contributed by atoms with Gasteiger partial charge in [0.15, 0.2) is 0 Å². The maximum Gasteiger partial charge on any atom is 0.242 e. The van der Waals surface area contributed by atoms with Gasteiger partial charge in [0.2, 0.25) is 10.0 Å². The zero-order chi connectivity index (χ0) is 19.3. The topological polar surface area (TPSA) is 52.7 Å². The fraction of sp³-hybridized carbons (Fsp3) is 0.400. The van der Waals surface area contributed by atoms with Crippen LogP contribution in [0.15, 0.2) is 58.3 Å². The number of anilines is 2. The first-order valence-electron chi connectivity index (χ1n) is 9.28. The number of hydrogen-bond donors (Lipinski definition) is 1. The molecule has 2 aromatic rings. The van der Waals surface area contributed by atoms with Crippen molar-refractivity contribution in [1.82, 2.24) is 4.31 Å². The van der Waals surface area contributed by atoms with Crippen LogP contribution in [0.1, 0.15) is 25.7 Å². The van der Waals surface area contributed by atoms with E-state index in [9.17, 15) is 8.42 Å². The van der Waals surface area contributed by atoms with Crippen molar-refractivity contribution in [2.24, 2.45) is 0 Å². The van der Waals surface area contributed by atoms with Crippen LogP contribution in [0.3, 0.4) is 0 Å². The van der Waals surface area contributed by atoms with Gasteiger partial charge in [-0.05, 0) is 61.2 Å². The molecule has 3 rings (SSSR count). The summed E-state index contributed by atoms with van der Waals surface area (Å²) in [6.07, 6.45) is 5.10. The van der Waals surface area contributed by atoms with Crippen LogP contribution in [-0.4, -0.2) is 39.9 Å². The van der Waals surface area contributed by atoms with Gasteiger partial charge in [-0.3, -0.25) is 0 Å². The van der Waals surface area contributed by atoms with Gasteiger partial charge in [-0.2, -0.15) is 0 Å². The molecule has 1 saturated heterocycles. The third-order valence-corrected chi connectivity index (χ3v) is 7.39. The van der Waals surface area contributed by atoms with Gasteiger partial charge >= 0.3 is 0 Å². The Bertz CT molecular complexity index is 844. The van der Waals surface area contributed by atoms with Crippen LogP contribution < -0.4 is 9.62 Å². The molecule has 0 amide bonds. The predicted octanol–water partition coefficient (Wildman–Crippen LogP) is 4.44. The van der Waals surface area contributed by atoms with Gasteiger partial charge in [-0.25, -0.2) is 12.7 Å². The Balaban J connectivity index is 1.70. The Labute approximate surface area is 166 Å². The van der Waals surface area contributed by atoms with E-state index in [0.717, 1.165) is 23.7 Å². The molecule has 1 aliphatic heterocycles. The van der Waals surface area contributed by atoms with Crippen LogP contribution in [0.4, 0.5) is 11.4 Å². The van der Waals surface area contributed by atoms with Crippen LogP contribution in [-0.2, 0) is 10.0 Å². The first-order chi connectivity index (χ1) is 13.0. The molecule has 0 spiro atoms. The van der Waals surface area contributed by atoms with E-state index in [-0.39, 0.29) is 0 Å². The first kappa shape index (κ1) is 20.0. The smallest absolute Gasteiger partial charge is 0.242 e. The molecule has 0 atom stereocenters. The van der Waals surface area contributed by atoms with Crippen LogP contribution in [0.25, 0.3) is 0 Å². The summed E-state index contributed by atoms with van der Waals surface area (Å²) in [5.41, 5.74) is 2.33. The molecular weight excluding hydrogens is 378 g/mol. The zero-order valence-electron chi connectivity index (χ0n) is 15.9. The lowest BCUT2D eigenvalue weighted by atomic mass is 10.2. The summed E-state index contributed by atoms with van der Waals surface area (Å²) in [4.78, 5) is 3.74. The molecule has 0 unspecified atom stereocenters. The minimum absolute atomic E-state index is 0.307. The SMILES string of the molecule is CN(C)S(=O)(=O)c1ccc(SNc2ccccc2N2CCCCCC2)cc1. The molecular formula is C20H27N3O2S2. The second-order valence-corrected chi connectivity index (χ2v) is 9.91. The number of nitrogens with zero attached hydrogens (tertiary/aromatic N) is 2. The van der Waals surface area contributed by atoms with Gasteiger partial charge in [0.05, 0.1) is 16.3 Å². The maximum atomic E-state index is 12.2. The van der Waals surface area contributed by atoms with Gasteiger partial charge in [-0.15, -0.1) is 0 Å². The predicted molar refractivity (Wildman–Crippen MR) is 114 cm³/mol. The van der Waals surface area contributed by atoms with Gasteiger partial charge in [0, 0.05) is 32.1 Å². The van der Waals surface area contributed by atoms with Crippen molar-refractivity contribution in [3.63, 3.8) is 0 Å². The molecule has 0 radical (unpaired) electrons. The van der Waals surface area contributed by atoms with Gasteiger partial charge < -0.3 is 9.62 Å².